The van der Waals surface area contributed by atoms with Crippen molar-refractivity contribution in [2.24, 2.45) is 0 Å². The van der Waals surface area contributed by atoms with Gasteiger partial charge in [0.2, 0.25) is 0 Å². The SMILES string of the molecule is CCCC(CCCc1ccncc1Cl)NC. The Hall–Kier alpha value is -0.600. The Kier molecular flexibility index (Phi) is 6.43. The fourth-order valence-electron chi connectivity index (χ4n) is 1.93. The number of aryl methyl sites for hydroxylation is 1. The van der Waals surface area contributed by atoms with Crippen molar-refractivity contribution in [3.05, 3.63) is 29.0 Å². The first-order valence-electron chi connectivity index (χ1n) is 6.03. The lowest BCUT2D eigenvalue weighted by Crippen LogP contribution is -2.24. The fourth-order valence-corrected chi connectivity index (χ4v) is 2.14. The van der Waals surface area contributed by atoms with Gasteiger partial charge in [0.25, 0.3) is 0 Å². The van der Waals surface area contributed by atoms with E-state index in [1.807, 2.05) is 19.3 Å². The molecule has 1 aromatic rings. The summed E-state index contributed by atoms with van der Waals surface area (Å²) in [6, 6.07) is 2.65. The van der Waals surface area contributed by atoms with E-state index < -0.39 is 0 Å². The van der Waals surface area contributed by atoms with Gasteiger partial charge in [0.1, 0.15) is 0 Å². The van der Waals surface area contributed by atoms with Crippen molar-refractivity contribution in [2.75, 3.05) is 7.05 Å². The van der Waals surface area contributed by atoms with Crippen LogP contribution in [0.15, 0.2) is 18.5 Å². The number of aromatic nitrogens is 1. The van der Waals surface area contributed by atoms with Crippen LogP contribution < -0.4 is 5.32 Å². The highest BCUT2D eigenvalue weighted by molar-refractivity contribution is 6.31. The Morgan fingerprint density at radius 3 is 2.88 bits per heavy atom. The molecule has 1 N–H and O–H groups in total. The fraction of sp³-hybridized carbons (Fsp3) is 0.615. The number of hydrogen-bond donors (Lipinski definition) is 1. The zero-order valence-electron chi connectivity index (χ0n) is 10.2. The van der Waals surface area contributed by atoms with Gasteiger partial charge in [-0.15, -0.1) is 0 Å². The minimum Gasteiger partial charge on any atom is -0.317 e. The highest BCUT2D eigenvalue weighted by Gasteiger charge is 2.05. The van der Waals surface area contributed by atoms with Gasteiger partial charge < -0.3 is 5.32 Å². The Morgan fingerprint density at radius 1 is 1.44 bits per heavy atom. The third-order valence-electron chi connectivity index (χ3n) is 2.90. The third-order valence-corrected chi connectivity index (χ3v) is 3.24. The first-order valence-corrected chi connectivity index (χ1v) is 6.41. The number of hydrogen-bond acceptors (Lipinski definition) is 2. The summed E-state index contributed by atoms with van der Waals surface area (Å²) in [6.07, 6.45) is 9.45. The quantitative estimate of drug-likeness (QED) is 0.790. The smallest absolute Gasteiger partial charge is 0.0621 e. The van der Waals surface area contributed by atoms with Crippen LogP contribution in [-0.2, 0) is 6.42 Å². The third kappa shape index (κ3) is 4.50. The van der Waals surface area contributed by atoms with Crippen LogP contribution in [-0.4, -0.2) is 18.1 Å². The van der Waals surface area contributed by atoms with Gasteiger partial charge in [-0.1, -0.05) is 24.9 Å². The van der Waals surface area contributed by atoms with Gasteiger partial charge in [0.15, 0.2) is 0 Å². The van der Waals surface area contributed by atoms with Gasteiger partial charge in [0.05, 0.1) is 5.02 Å². The molecule has 0 bridgehead atoms. The maximum Gasteiger partial charge on any atom is 0.0621 e. The van der Waals surface area contributed by atoms with Crippen LogP contribution in [0.1, 0.15) is 38.2 Å². The number of nitrogens with zero attached hydrogens (tertiary/aromatic N) is 1. The number of nitrogens with one attached hydrogen (secondary N) is 1. The van der Waals surface area contributed by atoms with Crippen LogP contribution >= 0.6 is 11.6 Å². The van der Waals surface area contributed by atoms with E-state index in [-0.39, 0.29) is 0 Å². The van der Waals surface area contributed by atoms with Crippen LogP contribution in [0.25, 0.3) is 0 Å². The van der Waals surface area contributed by atoms with Crippen LogP contribution in [0.3, 0.4) is 0 Å². The van der Waals surface area contributed by atoms with Crippen LogP contribution in [0.5, 0.6) is 0 Å². The number of rotatable bonds is 7. The lowest BCUT2D eigenvalue weighted by molar-refractivity contribution is 0.469. The van der Waals surface area contributed by atoms with E-state index in [9.17, 15) is 0 Å². The topological polar surface area (TPSA) is 24.9 Å². The largest absolute Gasteiger partial charge is 0.317 e. The summed E-state index contributed by atoms with van der Waals surface area (Å²) in [5.74, 6) is 0. The minimum absolute atomic E-state index is 0.644. The van der Waals surface area contributed by atoms with Crippen LogP contribution in [0.4, 0.5) is 0 Å². The van der Waals surface area contributed by atoms with Crippen molar-refractivity contribution in [3.8, 4) is 0 Å². The molecular weight excluding hydrogens is 220 g/mol. The van der Waals surface area contributed by atoms with Gasteiger partial charge in [-0.25, -0.2) is 0 Å². The summed E-state index contributed by atoms with van der Waals surface area (Å²) in [6.45, 7) is 2.23. The summed E-state index contributed by atoms with van der Waals surface area (Å²) in [7, 11) is 2.04. The molecule has 0 aliphatic carbocycles. The Balaban J connectivity index is 2.32. The summed E-state index contributed by atoms with van der Waals surface area (Å²) in [5, 5.41) is 4.15. The average molecular weight is 241 g/mol. The lowest BCUT2D eigenvalue weighted by Gasteiger charge is -2.14. The molecule has 0 saturated carbocycles. The molecule has 0 amide bonds. The molecule has 16 heavy (non-hydrogen) atoms. The van der Waals surface area contributed by atoms with Gasteiger partial charge in [0, 0.05) is 18.4 Å². The van der Waals surface area contributed by atoms with E-state index in [4.69, 9.17) is 11.6 Å². The van der Waals surface area contributed by atoms with Crippen molar-refractivity contribution in [2.45, 2.75) is 45.1 Å². The molecule has 1 atom stereocenters. The predicted molar refractivity (Wildman–Crippen MR) is 69.9 cm³/mol. The second-order valence-corrected chi connectivity index (χ2v) is 4.54. The summed E-state index contributed by atoms with van der Waals surface area (Å²) < 4.78 is 0. The lowest BCUT2D eigenvalue weighted by atomic mass is 10.0. The highest BCUT2D eigenvalue weighted by Crippen LogP contribution is 2.16. The van der Waals surface area contributed by atoms with Crippen LogP contribution in [0.2, 0.25) is 5.02 Å². The Labute approximate surface area is 103 Å². The summed E-state index contributed by atoms with van der Waals surface area (Å²) in [5.41, 5.74) is 1.21. The maximum atomic E-state index is 6.06. The van der Waals surface area contributed by atoms with Gasteiger partial charge in [-0.2, -0.15) is 0 Å². The van der Waals surface area contributed by atoms with E-state index in [1.54, 1.807) is 6.20 Å². The molecule has 3 heteroatoms. The van der Waals surface area contributed by atoms with Gasteiger partial charge in [-0.05, 0) is 44.4 Å². The molecule has 1 aromatic heterocycles. The number of halogens is 1. The van der Waals surface area contributed by atoms with E-state index in [0.29, 0.717) is 6.04 Å². The predicted octanol–water partition coefficient (Wildman–Crippen LogP) is 3.45. The van der Waals surface area contributed by atoms with Gasteiger partial charge in [-0.3, -0.25) is 4.98 Å². The van der Waals surface area contributed by atoms with E-state index in [0.717, 1.165) is 11.4 Å². The Morgan fingerprint density at radius 2 is 2.25 bits per heavy atom. The molecule has 0 aromatic carbocycles. The van der Waals surface area contributed by atoms with Crippen molar-refractivity contribution >= 4 is 11.6 Å². The summed E-state index contributed by atoms with van der Waals surface area (Å²) >= 11 is 6.06. The number of pyridine rings is 1. The highest BCUT2D eigenvalue weighted by atomic mass is 35.5. The van der Waals surface area contributed by atoms with Crippen molar-refractivity contribution in [1.82, 2.24) is 10.3 Å². The normalized spacial score (nSPS) is 12.7. The minimum atomic E-state index is 0.644. The molecule has 1 unspecified atom stereocenters. The molecule has 1 heterocycles. The first kappa shape index (κ1) is 13.5. The summed E-state index contributed by atoms with van der Waals surface area (Å²) in [4.78, 5) is 3.99. The molecule has 0 saturated heterocycles. The average Bonchev–Trinajstić information content (AvgIpc) is 2.30. The van der Waals surface area contributed by atoms with Gasteiger partial charge >= 0.3 is 0 Å². The second kappa shape index (κ2) is 7.64. The van der Waals surface area contributed by atoms with Crippen molar-refractivity contribution < 1.29 is 0 Å². The molecule has 2 nitrogen and oxygen atoms in total. The molecular formula is C13H21ClN2. The zero-order valence-corrected chi connectivity index (χ0v) is 10.9. The molecule has 90 valence electrons. The molecule has 0 aliphatic rings. The molecule has 0 radical (unpaired) electrons. The monoisotopic (exact) mass is 240 g/mol. The molecule has 0 spiro atoms. The standard InChI is InChI=1S/C13H21ClN2/c1-3-5-12(15-2)7-4-6-11-8-9-16-10-13(11)14/h8-10,12,15H,3-7H2,1-2H3. The molecule has 1 rings (SSSR count). The second-order valence-electron chi connectivity index (χ2n) is 4.13. The van der Waals surface area contributed by atoms with E-state index in [2.05, 4.69) is 17.2 Å². The maximum absolute atomic E-state index is 6.06. The van der Waals surface area contributed by atoms with E-state index >= 15 is 0 Å². The van der Waals surface area contributed by atoms with E-state index in [1.165, 1.54) is 31.2 Å². The zero-order chi connectivity index (χ0) is 11.8. The molecule has 0 fully saturated rings. The van der Waals surface area contributed by atoms with Crippen molar-refractivity contribution in [3.63, 3.8) is 0 Å². The van der Waals surface area contributed by atoms with Crippen molar-refractivity contribution in [1.29, 1.82) is 0 Å². The molecule has 0 aliphatic heterocycles. The first-order chi connectivity index (χ1) is 7.77. The van der Waals surface area contributed by atoms with Crippen LogP contribution in [0, 0.1) is 0 Å². The Bertz CT molecular complexity index is 302.